The Morgan fingerprint density at radius 1 is 0.434 bits per heavy atom. The van der Waals surface area contributed by atoms with Gasteiger partial charge in [0.1, 0.15) is 55.2 Å². The molecule has 0 saturated heterocycles. The lowest BCUT2D eigenvalue weighted by atomic mass is 10.1. The number of alkyl halides is 15. The van der Waals surface area contributed by atoms with Crippen LogP contribution in [-0.4, -0.2) is 224 Å². The van der Waals surface area contributed by atoms with Crippen molar-refractivity contribution in [3.63, 3.8) is 0 Å². The summed E-state index contributed by atoms with van der Waals surface area (Å²) in [6.07, 6.45) is -6.72. The summed E-state index contributed by atoms with van der Waals surface area (Å²) in [6.45, 7) is -3.32. The van der Waals surface area contributed by atoms with Crippen molar-refractivity contribution in [2.75, 3.05) is 74.3 Å². The fourth-order valence-corrected chi connectivity index (χ4v) is 14.6. The number of ether oxygens (including phenoxy) is 7. The fraction of sp³-hybridized carbons (Fsp3) is 0.321. The molecule has 0 aliphatic carbocycles. The second-order valence-corrected chi connectivity index (χ2v) is 36.8. The van der Waals surface area contributed by atoms with Crippen LogP contribution in [0.1, 0.15) is 144 Å². The van der Waals surface area contributed by atoms with Gasteiger partial charge in [0.15, 0.2) is 12.0 Å². The van der Waals surface area contributed by atoms with E-state index in [1.165, 1.54) is 120 Å². The summed E-state index contributed by atoms with van der Waals surface area (Å²) >= 11 is 19.7. The van der Waals surface area contributed by atoms with E-state index in [4.69, 9.17) is 25.8 Å². The number of carbonyl (C=O) groups is 10. The van der Waals surface area contributed by atoms with Gasteiger partial charge in [0.05, 0.1) is 198 Å². The van der Waals surface area contributed by atoms with Gasteiger partial charge >= 0.3 is 65.9 Å². The van der Waals surface area contributed by atoms with Crippen LogP contribution in [0.2, 0.25) is 5.15 Å². The molecule has 0 saturated carbocycles. The maximum Gasteiger partial charge on any atom is 0.408 e. The molecule has 0 spiro atoms. The minimum Gasteiger partial charge on any atom is -0.491 e. The molecule has 0 aromatic carbocycles. The van der Waals surface area contributed by atoms with Gasteiger partial charge < -0.3 is 38.3 Å². The second kappa shape index (κ2) is 47.5. The lowest BCUT2D eigenvalue weighted by Gasteiger charge is -2.22. The van der Waals surface area contributed by atoms with Crippen molar-refractivity contribution in [3.8, 4) is 22.9 Å². The molecule has 11 aromatic rings. The third kappa shape index (κ3) is 29.4. The van der Waals surface area contributed by atoms with Gasteiger partial charge in [-0.05, 0) is 94.4 Å². The molecule has 41 nitrogen and oxygen atoms in total. The summed E-state index contributed by atoms with van der Waals surface area (Å²) in [5.74, 6) is -4.77. The molecule has 776 valence electrons. The highest BCUT2D eigenvalue weighted by atomic mass is 36.0. The average Bonchev–Trinajstić information content (AvgIpc) is 1.60. The molecule has 5 amide bonds. The van der Waals surface area contributed by atoms with Gasteiger partial charge in [-0.15, -0.1) is 0 Å². The first-order chi connectivity index (χ1) is 67.5. The number of methoxy groups -OCH3 is 7. The first-order valence-corrected chi connectivity index (χ1v) is 45.2. The Morgan fingerprint density at radius 3 is 1.11 bits per heavy atom. The molecule has 11 aromatic heterocycles. The van der Waals surface area contributed by atoms with Crippen molar-refractivity contribution < 1.29 is 167 Å². The van der Waals surface area contributed by atoms with Gasteiger partial charge in [0, 0.05) is 72.0 Å². The highest BCUT2D eigenvalue weighted by Crippen LogP contribution is 2.61. The maximum absolute atomic E-state index is 13.2. The maximum atomic E-state index is 13.2. The van der Waals surface area contributed by atoms with Crippen molar-refractivity contribution in [1.29, 1.82) is 0 Å². The SMILES string of the molecule is C.C=CC(=O)OC.COC(=O)CC1c2c(ccc[n+]2O)C(=O)N1c1cnn(CC(F)(F)F)c1.COC(=O)CC1c2nc(-c3cnc(OC)c(OC)c3)ccc2C(=O)N1c1cnn(CC(F)(F)F)c1.COC(=O)CC1c2nc(Cl)ccc2C(=O)N1c1cnn(CC(F)(F)F)c1.COC(=O)CC1c2ncccc2C(=O)N1c1cnn(CC(F)(F)F)c1.O=C1c2cccnc2C(O)N1c1cnn(CC(F)(F)F)c1.O=P(Cl)(Cl)Cl. The normalized spacial score (nSPS) is 15.9. The number of carbonyl (C=O) groups excluding carboxylic acids is 10. The smallest absolute Gasteiger partial charge is 0.408 e. The number of aliphatic hydroxyl groups excluding tert-OH is 1. The van der Waals surface area contributed by atoms with Crippen LogP contribution in [0, 0.1) is 0 Å². The monoisotopic (exact) mass is 2160 g/mol. The quantitative estimate of drug-likeness (QED) is 0.00930. The average molecular weight is 2160 g/mol. The molecule has 0 bridgehead atoms. The van der Waals surface area contributed by atoms with Crippen molar-refractivity contribution in [2.24, 2.45) is 0 Å². The number of rotatable bonds is 22. The van der Waals surface area contributed by atoms with E-state index in [0.717, 1.165) is 77.8 Å². The highest BCUT2D eigenvalue weighted by Gasteiger charge is 2.50. The molecule has 5 unspecified atom stereocenters. The van der Waals surface area contributed by atoms with E-state index in [-0.39, 0.29) is 118 Å². The molecule has 5 atom stereocenters. The van der Waals surface area contributed by atoms with Crippen molar-refractivity contribution in [2.45, 2.75) is 127 Å². The Kier molecular flexibility index (Phi) is 37.3. The summed E-state index contributed by atoms with van der Waals surface area (Å²) in [4.78, 5) is 147. The molecule has 16 heterocycles. The van der Waals surface area contributed by atoms with Crippen LogP contribution in [-0.2, 0) is 84.9 Å². The Labute approximate surface area is 826 Å². The lowest BCUT2D eigenvalue weighted by molar-refractivity contribution is -0.910. The van der Waals surface area contributed by atoms with Crippen LogP contribution in [0.25, 0.3) is 11.3 Å². The van der Waals surface area contributed by atoms with E-state index in [2.05, 4.69) is 110 Å². The van der Waals surface area contributed by atoms with Crippen LogP contribution >= 0.6 is 50.5 Å². The number of hydrogen-bond acceptors (Lipinski definition) is 30. The Hall–Kier alpha value is -14.9. The first-order valence-electron chi connectivity index (χ1n) is 40.4. The fourth-order valence-electron chi connectivity index (χ4n) is 14.4. The molecule has 0 fully saturated rings. The number of esters is 5. The predicted molar refractivity (Wildman–Crippen MR) is 474 cm³/mol. The number of fused-ring (bicyclic) bond motifs is 5. The van der Waals surface area contributed by atoms with Crippen molar-refractivity contribution >= 4 is 138 Å². The Morgan fingerprint density at radius 2 is 0.759 bits per heavy atom. The summed E-state index contributed by atoms with van der Waals surface area (Å²) in [6, 6.07) is 13.2. The third-order valence-corrected chi connectivity index (χ3v) is 20.4. The zero-order valence-electron chi connectivity index (χ0n) is 74.7. The topological polar surface area (TPSA) is 466 Å². The lowest BCUT2D eigenvalue weighted by Crippen LogP contribution is -2.38. The van der Waals surface area contributed by atoms with Gasteiger partial charge in [-0.3, -0.25) is 111 Å². The molecular weight excluding hydrogens is 2080 g/mol. The van der Waals surface area contributed by atoms with E-state index in [9.17, 15) is 129 Å². The first kappa shape index (κ1) is 114. The van der Waals surface area contributed by atoms with Gasteiger partial charge in [-0.25, -0.2) is 19.7 Å². The van der Waals surface area contributed by atoms with Crippen LogP contribution in [0.15, 0.2) is 166 Å². The zero-order valence-corrected chi connectivity index (χ0v) is 78.6. The zero-order chi connectivity index (χ0) is 106. The van der Waals surface area contributed by atoms with Gasteiger partial charge in [0.2, 0.25) is 6.20 Å². The standard InChI is InChI=1S/C22H20F3N5O5.C15H12ClF3N4O3.C15H14F3N4O4.C15H13F3N4O3.C12H9F3N4O2.C4H6O2.CH4.Cl3OP/c1-33-17-6-12(8-26-20(17)35-3)15-5-4-14-19(28-15)16(7-18(31)34-2)30(21(14)32)13-9-27-29(10-13)11-22(23,24)25;1-26-12(24)4-10-13-9(2-3-11(16)21-13)14(25)23(10)8-5-20-22(6-8)7-15(17,18)19;1-26-12(23)5-11-13-10(3-2-4-21(13)25)14(24)22(11)9-6-19-20(7-9)8-15(16,17)18;1-25-12(23)5-11-13-10(3-2-4-19-13)14(24)22(11)9-6-20-21(7-9)8-15(16,17)18;13-12(14,15)6-18-5-7(4-17-18)19-10(20)8-2-1-3-16-9(8)11(19)21;1-3-4(5)6-2;;1-5(2,3)4/h4-6,8-10,16H,7,11H2,1-3H3;2-3,5-6,10H,4,7H2,1H3;2-4,6-7,11,25H,5,8H2,1H3;2-4,6-7,11H,5,8H2,1H3;1-5,11,21H,6H2;3H,1H2,2H3;1H4;/q;;+1;;;;;. The Balaban J connectivity index is 0.000000198. The number of pyridine rings is 6. The summed E-state index contributed by atoms with van der Waals surface area (Å²) in [7, 11) is 8.99. The van der Waals surface area contributed by atoms with Crippen LogP contribution in [0.4, 0.5) is 94.3 Å². The molecule has 5 aliphatic heterocycles. The van der Waals surface area contributed by atoms with Crippen molar-refractivity contribution in [3.05, 3.63) is 228 Å². The van der Waals surface area contributed by atoms with Crippen LogP contribution < -0.4 is 38.7 Å². The molecule has 5 aliphatic rings. The van der Waals surface area contributed by atoms with Crippen LogP contribution in [0.5, 0.6) is 11.6 Å². The van der Waals surface area contributed by atoms with E-state index >= 15 is 0 Å². The molecule has 61 heteroatoms. The molecule has 2 N–H and O–H groups in total. The number of aromatic nitrogens is 16. The minimum absolute atomic E-state index is 0. The number of amides is 5. The predicted octanol–water partition coefficient (Wildman–Crippen LogP) is 14.6. The second-order valence-electron chi connectivity index (χ2n) is 29.8. The number of halogens is 19. The van der Waals surface area contributed by atoms with Gasteiger partial charge in [-0.1, -0.05) is 25.6 Å². The largest absolute Gasteiger partial charge is 0.491 e. The van der Waals surface area contributed by atoms with Crippen LogP contribution in [0.3, 0.4) is 0 Å². The Bertz CT molecular complexity index is 6630. The number of nitrogens with zero attached hydrogens (tertiary/aromatic N) is 21. The minimum atomic E-state index is -4.49. The molecule has 16 rings (SSSR count). The third-order valence-electron chi connectivity index (χ3n) is 20.2. The van der Waals surface area contributed by atoms with Gasteiger partial charge in [-0.2, -0.15) is 91.3 Å². The molecule has 0 radical (unpaired) electrons. The van der Waals surface area contributed by atoms with Crippen molar-refractivity contribution in [1.82, 2.24) is 73.8 Å². The molecule has 145 heavy (non-hydrogen) atoms. The van der Waals surface area contributed by atoms with E-state index in [1.54, 1.807) is 36.4 Å². The molecular formula is C84H78Cl4F15N21O20P+. The highest BCUT2D eigenvalue weighted by molar-refractivity contribution is 8.24. The summed E-state index contributed by atoms with van der Waals surface area (Å²) in [5.41, 5.74) is 3.81. The van der Waals surface area contributed by atoms with Gasteiger partial charge in [0.25, 0.3) is 41.1 Å². The number of aliphatic hydroxyl groups is 1. The summed E-state index contributed by atoms with van der Waals surface area (Å²) < 4.78 is 235. The number of anilines is 5. The van der Waals surface area contributed by atoms with E-state index < -0.39 is 159 Å². The van der Waals surface area contributed by atoms with E-state index in [0.29, 0.717) is 56.4 Å². The van der Waals surface area contributed by atoms with E-state index in [1.807, 2.05) is 0 Å². The number of hydrogen-bond donors (Lipinski definition) is 2. The summed E-state index contributed by atoms with van der Waals surface area (Å²) in [5, 5.41) is 35.2.